The Hall–Kier alpha value is -1.48. The highest BCUT2D eigenvalue weighted by atomic mass is 35.5. The minimum absolute atomic E-state index is 0.0823. The predicted octanol–water partition coefficient (Wildman–Crippen LogP) is 3.29. The van der Waals surface area contributed by atoms with E-state index in [4.69, 9.17) is 11.6 Å². The summed E-state index contributed by atoms with van der Waals surface area (Å²) in [4.78, 5) is 15.1. The van der Waals surface area contributed by atoms with Crippen LogP contribution in [0.25, 0.3) is 0 Å². The van der Waals surface area contributed by atoms with Crippen molar-refractivity contribution in [2.45, 2.75) is 31.1 Å². The molecule has 9 heteroatoms. The van der Waals surface area contributed by atoms with Crippen LogP contribution in [-0.4, -0.2) is 14.3 Å². The molecule has 0 spiro atoms. The van der Waals surface area contributed by atoms with Gasteiger partial charge in [-0.1, -0.05) is 18.5 Å². The molecular weight excluding hydrogens is 387 g/mol. The third kappa shape index (κ3) is 4.03. The number of halogens is 2. The Morgan fingerprint density at radius 3 is 2.84 bits per heavy atom. The van der Waals surface area contributed by atoms with Gasteiger partial charge in [-0.3, -0.25) is 10.2 Å². The Labute approximate surface area is 154 Å². The Bertz CT molecular complexity index is 927. The summed E-state index contributed by atoms with van der Waals surface area (Å²) in [6.07, 6.45) is 2.92. The maximum atomic E-state index is 13.8. The van der Waals surface area contributed by atoms with Crippen molar-refractivity contribution in [3.05, 3.63) is 50.4 Å². The van der Waals surface area contributed by atoms with E-state index in [-0.39, 0.29) is 5.02 Å². The number of thiophene rings is 1. The lowest BCUT2D eigenvalue weighted by Gasteiger charge is -2.16. The van der Waals surface area contributed by atoms with Gasteiger partial charge in [0.05, 0.1) is 4.88 Å². The van der Waals surface area contributed by atoms with E-state index in [1.54, 1.807) is 6.07 Å². The third-order valence-electron chi connectivity index (χ3n) is 4.04. The van der Waals surface area contributed by atoms with Crippen LogP contribution in [0.2, 0.25) is 5.02 Å². The summed E-state index contributed by atoms with van der Waals surface area (Å²) in [5, 5.41) is 0.0823. The maximum Gasteiger partial charge on any atom is 0.276 e. The fourth-order valence-corrected chi connectivity index (χ4v) is 4.90. The first-order chi connectivity index (χ1) is 11.8. The van der Waals surface area contributed by atoms with E-state index in [1.165, 1.54) is 17.4 Å². The standard InChI is InChI=1S/C16H16ClFN2O3S2/c1-9-2-4-13-10(6-9)7-14(24-13)16(21)19-20-25(22,23)15-5-3-11(17)8-12(15)18/h3,5,7-9,20H,2,4,6H2,1H3,(H,19,21)/t9-/m0/s1. The van der Waals surface area contributed by atoms with E-state index in [0.29, 0.717) is 10.8 Å². The molecule has 1 aromatic heterocycles. The second-order valence-electron chi connectivity index (χ2n) is 6.04. The number of hydrogen-bond acceptors (Lipinski definition) is 4. The second-order valence-corrected chi connectivity index (χ2v) is 9.27. The molecule has 0 fully saturated rings. The number of hydrazine groups is 1. The van der Waals surface area contributed by atoms with E-state index < -0.39 is 26.6 Å². The number of carbonyl (C=O) groups excluding carboxylic acids is 1. The molecule has 25 heavy (non-hydrogen) atoms. The van der Waals surface area contributed by atoms with E-state index in [0.717, 1.165) is 41.8 Å². The summed E-state index contributed by atoms with van der Waals surface area (Å²) in [7, 11) is -4.23. The zero-order valence-electron chi connectivity index (χ0n) is 13.3. The molecule has 1 heterocycles. The zero-order valence-corrected chi connectivity index (χ0v) is 15.7. The second kappa shape index (κ2) is 7.03. The Morgan fingerprint density at radius 1 is 1.36 bits per heavy atom. The molecule has 1 aliphatic carbocycles. The smallest absolute Gasteiger partial charge is 0.273 e. The van der Waals surface area contributed by atoms with Gasteiger partial charge in [0.15, 0.2) is 0 Å². The molecule has 1 amide bonds. The molecule has 5 nitrogen and oxygen atoms in total. The van der Waals surface area contributed by atoms with Crippen LogP contribution in [-0.2, 0) is 22.9 Å². The summed E-state index contributed by atoms with van der Waals surface area (Å²) >= 11 is 6.97. The van der Waals surface area contributed by atoms with Crippen molar-refractivity contribution in [1.29, 1.82) is 0 Å². The Balaban J connectivity index is 1.71. The monoisotopic (exact) mass is 402 g/mol. The third-order valence-corrected chi connectivity index (χ3v) is 6.79. The maximum absolute atomic E-state index is 13.8. The number of amides is 1. The number of rotatable bonds is 4. The fraction of sp³-hybridized carbons (Fsp3) is 0.312. The van der Waals surface area contributed by atoms with E-state index >= 15 is 0 Å². The van der Waals surface area contributed by atoms with Crippen molar-refractivity contribution in [1.82, 2.24) is 10.3 Å². The molecule has 0 unspecified atom stereocenters. The van der Waals surface area contributed by atoms with Gasteiger partial charge in [0.2, 0.25) is 0 Å². The molecule has 1 aromatic carbocycles. The van der Waals surface area contributed by atoms with E-state index in [9.17, 15) is 17.6 Å². The highest BCUT2D eigenvalue weighted by molar-refractivity contribution is 7.89. The lowest BCUT2D eigenvalue weighted by atomic mass is 9.90. The lowest BCUT2D eigenvalue weighted by molar-refractivity contribution is 0.0949. The predicted molar refractivity (Wildman–Crippen MR) is 94.7 cm³/mol. The first-order valence-electron chi connectivity index (χ1n) is 7.65. The number of carbonyl (C=O) groups is 1. The summed E-state index contributed by atoms with van der Waals surface area (Å²) in [6, 6.07) is 4.99. The number of fused-ring (bicyclic) bond motifs is 1. The highest BCUT2D eigenvalue weighted by Gasteiger charge is 2.23. The summed E-state index contributed by atoms with van der Waals surface area (Å²) < 4.78 is 38.0. The number of aryl methyl sites for hydroxylation is 1. The van der Waals surface area contributed by atoms with Crippen molar-refractivity contribution in [3.63, 3.8) is 0 Å². The quantitative estimate of drug-likeness (QED) is 0.770. The lowest BCUT2D eigenvalue weighted by Crippen LogP contribution is -2.41. The molecule has 0 saturated heterocycles. The first-order valence-corrected chi connectivity index (χ1v) is 10.3. The molecule has 0 bridgehead atoms. The fourth-order valence-electron chi connectivity index (χ4n) is 2.74. The first kappa shape index (κ1) is 18.3. The summed E-state index contributed by atoms with van der Waals surface area (Å²) in [5.74, 6) is -0.982. The largest absolute Gasteiger partial charge is 0.276 e. The van der Waals surface area contributed by atoms with Gasteiger partial charge in [0, 0.05) is 9.90 Å². The molecule has 2 N–H and O–H groups in total. The normalized spacial score (nSPS) is 17.2. The van der Waals surface area contributed by atoms with Crippen LogP contribution in [0.15, 0.2) is 29.2 Å². The van der Waals surface area contributed by atoms with Crippen molar-refractivity contribution in [2.24, 2.45) is 5.92 Å². The number of benzene rings is 1. The van der Waals surface area contributed by atoms with Crippen LogP contribution in [0.4, 0.5) is 4.39 Å². The molecule has 0 aliphatic heterocycles. The molecule has 3 rings (SSSR count). The summed E-state index contributed by atoms with van der Waals surface area (Å²) in [6.45, 7) is 2.16. The Morgan fingerprint density at radius 2 is 2.12 bits per heavy atom. The Kier molecular flexibility index (Phi) is 5.15. The topological polar surface area (TPSA) is 75.3 Å². The SMILES string of the molecule is C[C@H]1CCc2sc(C(=O)NNS(=O)(=O)c3ccc(Cl)cc3F)cc2C1. The average Bonchev–Trinajstić information content (AvgIpc) is 2.95. The zero-order chi connectivity index (χ0) is 18.2. The van der Waals surface area contributed by atoms with Crippen LogP contribution in [0.1, 0.15) is 33.5 Å². The van der Waals surface area contributed by atoms with Crippen LogP contribution < -0.4 is 10.3 Å². The van der Waals surface area contributed by atoms with Crippen LogP contribution in [0.5, 0.6) is 0 Å². The van der Waals surface area contributed by atoms with E-state index in [2.05, 4.69) is 12.3 Å². The molecule has 0 radical (unpaired) electrons. The van der Waals surface area contributed by atoms with E-state index in [1.807, 2.05) is 4.83 Å². The minimum Gasteiger partial charge on any atom is -0.273 e. The van der Waals surface area contributed by atoms with Crippen LogP contribution in [0, 0.1) is 11.7 Å². The number of sulfonamides is 1. The van der Waals surface area contributed by atoms with Gasteiger partial charge >= 0.3 is 0 Å². The number of nitrogens with one attached hydrogen (secondary N) is 2. The van der Waals surface area contributed by atoms with Gasteiger partial charge in [-0.25, -0.2) is 12.8 Å². The van der Waals surface area contributed by atoms with Gasteiger partial charge in [0.1, 0.15) is 10.7 Å². The minimum atomic E-state index is -4.23. The van der Waals surface area contributed by atoms with Gasteiger partial charge in [-0.05, 0) is 55.0 Å². The van der Waals surface area contributed by atoms with Gasteiger partial charge in [-0.15, -0.1) is 16.2 Å². The molecular formula is C16H16ClFN2O3S2. The van der Waals surface area contributed by atoms with Crippen LogP contribution >= 0.6 is 22.9 Å². The molecule has 0 saturated carbocycles. The van der Waals surface area contributed by atoms with Crippen molar-refractivity contribution in [3.8, 4) is 0 Å². The molecule has 1 atom stereocenters. The van der Waals surface area contributed by atoms with Crippen LogP contribution in [0.3, 0.4) is 0 Å². The van der Waals surface area contributed by atoms with Gasteiger partial charge in [-0.2, -0.15) is 0 Å². The molecule has 1 aliphatic rings. The van der Waals surface area contributed by atoms with Crippen molar-refractivity contribution < 1.29 is 17.6 Å². The summed E-state index contributed by atoms with van der Waals surface area (Å²) in [5.41, 5.74) is 3.27. The number of hydrogen-bond donors (Lipinski definition) is 2. The van der Waals surface area contributed by atoms with Crippen molar-refractivity contribution in [2.75, 3.05) is 0 Å². The molecule has 2 aromatic rings. The average molecular weight is 403 g/mol. The van der Waals surface area contributed by atoms with Gasteiger partial charge < -0.3 is 0 Å². The van der Waals surface area contributed by atoms with Crippen molar-refractivity contribution >= 4 is 38.9 Å². The highest BCUT2D eigenvalue weighted by Crippen LogP contribution is 2.32. The molecule has 134 valence electrons. The van der Waals surface area contributed by atoms with Gasteiger partial charge in [0.25, 0.3) is 15.9 Å².